The maximum Gasteiger partial charge on any atom is 0.416 e. The summed E-state index contributed by atoms with van der Waals surface area (Å²) in [5.74, 6) is 0. The number of nitrogens with zero attached hydrogens (tertiary/aromatic N) is 6. The molecule has 0 radical (unpaired) electrons. The van der Waals surface area contributed by atoms with Crippen LogP contribution in [0.4, 0.5) is 26.3 Å². The smallest absolute Gasteiger partial charge is 0.192 e. The molecule has 0 aliphatic heterocycles. The molecule has 0 atom stereocenters. The van der Waals surface area contributed by atoms with Crippen molar-refractivity contribution in [1.29, 1.82) is 31.6 Å². The van der Waals surface area contributed by atoms with Crippen LogP contribution in [0.5, 0.6) is 0 Å². The van der Waals surface area contributed by atoms with Crippen molar-refractivity contribution in [2.24, 2.45) is 0 Å². The van der Waals surface area contributed by atoms with Gasteiger partial charge in [-0.2, -0.15) is 57.9 Å². The monoisotopic (exact) mass is 722 g/mol. The van der Waals surface area contributed by atoms with Crippen LogP contribution >= 0.6 is 11.3 Å². The van der Waals surface area contributed by atoms with Gasteiger partial charge in [-0.3, -0.25) is 0 Å². The fourth-order valence-corrected chi connectivity index (χ4v) is 7.84. The molecule has 2 aliphatic carbocycles. The Morgan fingerprint density at radius 1 is 0.472 bits per heavy atom. The van der Waals surface area contributed by atoms with E-state index in [1.165, 1.54) is 11.3 Å². The molecule has 0 N–H and O–H groups in total. The Kier molecular flexibility index (Phi) is 7.79. The van der Waals surface area contributed by atoms with Crippen LogP contribution in [0.1, 0.15) is 44.5 Å². The van der Waals surface area contributed by atoms with Gasteiger partial charge in [0.25, 0.3) is 0 Å². The third-order valence-corrected chi connectivity index (χ3v) is 10.1. The van der Waals surface area contributed by atoms with Crippen LogP contribution in [-0.4, -0.2) is 0 Å². The van der Waals surface area contributed by atoms with E-state index in [1.54, 1.807) is 60.7 Å². The molecule has 1 aromatic heterocycles. The lowest BCUT2D eigenvalue weighted by Crippen LogP contribution is -2.05. The van der Waals surface area contributed by atoms with Gasteiger partial charge in [-0.05, 0) is 70.8 Å². The van der Waals surface area contributed by atoms with Crippen LogP contribution in [0.2, 0.25) is 0 Å². The highest BCUT2D eigenvalue weighted by Crippen LogP contribution is 2.52. The number of rotatable bonds is 2. The van der Waals surface area contributed by atoms with Gasteiger partial charge in [0, 0.05) is 53.6 Å². The second-order valence-electron chi connectivity index (χ2n) is 11.7. The topological polar surface area (TPSA) is 143 Å². The van der Waals surface area contributed by atoms with Crippen molar-refractivity contribution in [2.75, 3.05) is 0 Å². The zero-order valence-corrected chi connectivity index (χ0v) is 27.1. The Bertz CT molecular complexity index is 2700. The van der Waals surface area contributed by atoms with Gasteiger partial charge in [0.15, 0.2) is 0 Å². The third kappa shape index (κ3) is 5.21. The number of hydrogen-bond donors (Lipinski definition) is 0. The summed E-state index contributed by atoms with van der Waals surface area (Å²) in [6, 6.07) is 26.5. The van der Waals surface area contributed by atoms with Crippen molar-refractivity contribution in [3.05, 3.63) is 128 Å². The number of hydrogen-bond acceptors (Lipinski definition) is 7. The zero-order chi connectivity index (χ0) is 38.0. The maximum atomic E-state index is 13.7. The van der Waals surface area contributed by atoms with E-state index in [0.29, 0.717) is 31.3 Å². The molecule has 0 spiro atoms. The largest absolute Gasteiger partial charge is 0.416 e. The highest BCUT2D eigenvalue weighted by Gasteiger charge is 2.38. The Labute approximate surface area is 299 Å². The van der Waals surface area contributed by atoms with Gasteiger partial charge in [-0.15, -0.1) is 11.3 Å². The predicted molar refractivity (Wildman–Crippen MR) is 183 cm³/mol. The number of halogens is 6. The molecule has 0 saturated heterocycles. The average molecular weight is 723 g/mol. The SMILES string of the molecule is N#CC(C#N)=C1C(c2ccc3sc4ccc(C5=C(C#N)c6cc(C(F)(F)F)ccc6C5=C(C#N)C#N)cc4c3c2)=C(C#N)c2cc(C(F)(F)F)ccc21. The van der Waals surface area contributed by atoms with E-state index in [4.69, 9.17) is 0 Å². The van der Waals surface area contributed by atoms with Gasteiger partial charge in [0.05, 0.1) is 22.3 Å². The lowest BCUT2D eigenvalue weighted by molar-refractivity contribution is -0.138. The average Bonchev–Trinajstić information content (AvgIpc) is 3.78. The molecule has 53 heavy (non-hydrogen) atoms. The van der Waals surface area contributed by atoms with Gasteiger partial charge in [0.2, 0.25) is 0 Å². The molecule has 250 valence electrons. The minimum atomic E-state index is -4.74. The van der Waals surface area contributed by atoms with Crippen LogP contribution in [-0.2, 0) is 12.4 Å². The fraction of sp³-hybridized carbons (Fsp3) is 0.0500. The van der Waals surface area contributed by atoms with Crippen molar-refractivity contribution in [2.45, 2.75) is 12.4 Å². The van der Waals surface area contributed by atoms with Crippen LogP contribution in [0.15, 0.2) is 83.9 Å². The van der Waals surface area contributed by atoms with Crippen LogP contribution in [0.25, 0.3) is 53.6 Å². The maximum absolute atomic E-state index is 13.7. The standard InChI is InChI=1S/C40H12F6N6S/c41-39(42,43)23-3-5-25-27(11-23)31(17-51)35(37(25)21(13-47)14-48)19-1-7-33-29(9-19)30-10-20(2-8-34(30)53-33)36-32(18-52)28-12-24(40(44,45)46)4-6-26(28)38(36)22(15-49)16-50/h1-12H. The first-order valence-corrected chi connectivity index (χ1v) is 15.9. The summed E-state index contributed by atoms with van der Waals surface area (Å²) in [6.45, 7) is 0. The van der Waals surface area contributed by atoms with E-state index in [2.05, 4.69) is 0 Å². The van der Waals surface area contributed by atoms with Crippen LogP contribution in [0.3, 0.4) is 0 Å². The molecule has 4 aromatic carbocycles. The van der Waals surface area contributed by atoms with E-state index in [-0.39, 0.29) is 55.7 Å². The van der Waals surface area contributed by atoms with Gasteiger partial charge in [-0.1, -0.05) is 24.3 Å². The van der Waals surface area contributed by atoms with E-state index in [0.717, 1.165) is 36.4 Å². The summed E-state index contributed by atoms with van der Waals surface area (Å²) in [7, 11) is 0. The Balaban J connectivity index is 1.49. The van der Waals surface area contributed by atoms with E-state index < -0.39 is 34.6 Å². The second-order valence-corrected chi connectivity index (χ2v) is 12.8. The summed E-state index contributed by atoms with van der Waals surface area (Å²) in [5, 5.41) is 61.1. The molecule has 5 aromatic rings. The number of fused-ring (bicyclic) bond motifs is 5. The first kappa shape index (κ1) is 34.0. The van der Waals surface area contributed by atoms with Crippen molar-refractivity contribution in [1.82, 2.24) is 0 Å². The van der Waals surface area contributed by atoms with E-state index in [1.807, 2.05) is 12.1 Å². The quantitative estimate of drug-likeness (QED) is 0.131. The number of alkyl halides is 6. The summed E-state index contributed by atoms with van der Waals surface area (Å²) < 4.78 is 83.7. The molecule has 0 fully saturated rings. The highest BCUT2D eigenvalue weighted by atomic mass is 32.1. The van der Waals surface area contributed by atoms with Crippen molar-refractivity contribution < 1.29 is 26.3 Å². The summed E-state index contributed by atoms with van der Waals surface area (Å²) in [4.78, 5) is 0. The summed E-state index contributed by atoms with van der Waals surface area (Å²) in [5.41, 5.74) is -2.43. The first-order valence-electron chi connectivity index (χ1n) is 15.1. The predicted octanol–water partition coefficient (Wildman–Crippen LogP) is 10.6. The molecule has 0 amide bonds. The van der Waals surface area contributed by atoms with Gasteiger partial charge < -0.3 is 0 Å². The minimum Gasteiger partial charge on any atom is -0.192 e. The van der Waals surface area contributed by atoms with E-state index in [9.17, 15) is 57.9 Å². The first-order chi connectivity index (χ1) is 25.3. The van der Waals surface area contributed by atoms with Gasteiger partial charge >= 0.3 is 12.4 Å². The third-order valence-electron chi connectivity index (χ3n) is 8.99. The Hall–Kier alpha value is -7.42. The van der Waals surface area contributed by atoms with Crippen molar-refractivity contribution in [3.63, 3.8) is 0 Å². The molecule has 7 rings (SSSR count). The van der Waals surface area contributed by atoms with Crippen molar-refractivity contribution >= 4 is 64.9 Å². The molecule has 2 aliphatic rings. The van der Waals surface area contributed by atoms with Crippen LogP contribution < -0.4 is 0 Å². The molecular formula is C40H12F6N6S. The van der Waals surface area contributed by atoms with Crippen LogP contribution in [0, 0.1) is 68.0 Å². The second kappa shape index (κ2) is 12.1. The summed E-state index contributed by atoms with van der Waals surface area (Å²) >= 11 is 1.35. The van der Waals surface area contributed by atoms with Gasteiger partial charge in [0.1, 0.15) is 47.6 Å². The Morgan fingerprint density at radius 2 is 0.849 bits per heavy atom. The van der Waals surface area contributed by atoms with Crippen molar-refractivity contribution in [3.8, 4) is 36.4 Å². The molecule has 0 bridgehead atoms. The number of thiophene rings is 1. The molecule has 0 saturated carbocycles. The molecule has 1 heterocycles. The summed E-state index contributed by atoms with van der Waals surface area (Å²) in [6.07, 6.45) is -9.47. The minimum absolute atomic E-state index is 0.00377. The number of benzene rings is 4. The van der Waals surface area contributed by atoms with Gasteiger partial charge in [-0.25, -0.2) is 0 Å². The lowest BCUT2D eigenvalue weighted by Gasteiger charge is -2.11. The normalized spacial score (nSPS) is 13.5. The molecule has 6 nitrogen and oxygen atoms in total. The Morgan fingerprint density at radius 3 is 1.17 bits per heavy atom. The number of nitriles is 6. The molecular weight excluding hydrogens is 711 g/mol. The molecule has 13 heteroatoms. The van der Waals surface area contributed by atoms with E-state index >= 15 is 0 Å². The zero-order valence-electron chi connectivity index (χ0n) is 26.3. The molecule has 0 unspecified atom stereocenters. The lowest BCUT2D eigenvalue weighted by atomic mass is 9.91. The fourth-order valence-electron chi connectivity index (χ4n) is 6.77. The highest BCUT2D eigenvalue weighted by molar-refractivity contribution is 7.25. The number of allylic oxidation sites excluding steroid dienone is 8.